The number of hydrogen-bond acceptors (Lipinski definition) is 8. The summed E-state index contributed by atoms with van der Waals surface area (Å²) in [5, 5.41) is 7.38. The number of fused-ring (bicyclic) bond motifs is 1. The molecule has 4 heterocycles. The average molecular weight is 441 g/mol. The molecule has 3 aromatic heterocycles. The first-order valence-corrected chi connectivity index (χ1v) is 11.4. The zero-order chi connectivity index (χ0) is 22.0. The number of nitrogens with zero attached hydrogens (tertiary/aromatic N) is 4. The summed E-state index contributed by atoms with van der Waals surface area (Å²) in [5.74, 6) is 1.11. The Labute approximate surface area is 186 Å². The molecule has 2 N–H and O–H groups in total. The topological polar surface area (TPSA) is 92.3 Å². The second-order valence-corrected chi connectivity index (χ2v) is 9.16. The molecule has 0 atom stereocenters. The maximum absolute atomic E-state index is 13.0. The monoisotopic (exact) mass is 440 g/mol. The van der Waals surface area contributed by atoms with E-state index in [1.54, 1.807) is 6.20 Å². The first-order valence-electron chi connectivity index (χ1n) is 10.5. The van der Waals surface area contributed by atoms with Gasteiger partial charge < -0.3 is 20.3 Å². The lowest BCUT2D eigenvalue weighted by atomic mass is 10.1. The lowest BCUT2D eigenvalue weighted by Crippen LogP contribution is -2.43. The van der Waals surface area contributed by atoms with Crippen molar-refractivity contribution in [2.24, 2.45) is 0 Å². The number of ether oxygens (including phenoxy) is 1. The number of aryl methyl sites for hydroxylation is 1. The van der Waals surface area contributed by atoms with Crippen molar-refractivity contribution in [1.82, 2.24) is 25.2 Å². The van der Waals surface area contributed by atoms with E-state index in [0.717, 1.165) is 47.4 Å². The van der Waals surface area contributed by atoms with Crippen LogP contribution in [0.5, 0.6) is 5.88 Å². The molecule has 1 saturated heterocycles. The van der Waals surface area contributed by atoms with E-state index in [4.69, 9.17) is 4.74 Å². The number of piperidine rings is 1. The number of likely N-dealkylation sites (tertiary alicyclic amines) is 1. The molecular weight excluding hydrogens is 412 g/mol. The van der Waals surface area contributed by atoms with E-state index in [9.17, 15) is 4.79 Å². The molecule has 164 valence electrons. The number of carbonyl (C=O) groups excluding carboxylic acids is 1. The number of amides is 1. The molecule has 3 aromatic rings. The highest BCUT2D eigenvalue weighted by molar-refractivity contribution is 7.20. The summed E-state index contributed by atoms with van der Waals surface area (Å²) in [6.45, 7) is 7.87. The Morgan fingerprint density at radius 3 is 2.77 bits per heavy atom. The highest BCUT2D eigenvalue weighted by atomic mass is 32.1. The summed E-state index contributed by atoms with van der Waals surface area (Å²) in [5.41, 5.74) is 1.60. The van der Waals surface area contributed by atoms with Crippen LogP contribution in [0.2, 0.25) is 0 Å². The molecule has 1 fully saturated rings. The fraction of sp³-hybridized carbons (Fsp3) is 0.455. The molecule has 0 bridgehead atoms. The summed E-state index contributed by atoms with van der Waals surface area (Å²) in [6.07, 6.45) is 5.15. The van der Waals surface area contributed by atoms with Crippen LogP contribution in [-0.4, -0.2) is 58.0 Å². The zero-order valence-corrected chi connectivity index (χ0v) is 19.1. The first kappa shape index (κ1) is 21.5. The highest BCUT2D eigenvalue weighted by Crippen LogP contribution is 2.36. The van der Waals surface area contributed by atoms with Gasteiger partial charge in [0.05, 0.1) is 16.4 Å². The molecule has 0 aliphatic carbocycles. The number of rotatable bonds is 6. The molecular formula is C22H28N6O2S. The maximum atomic E-state index is 13.0. The van der Waals surface area contributed by atoms with E-state index < -0.39 is 0 Å². The quantitative estimate of drug-likeness (QED) is 0.603. The van der Waals surface area contributed by atoms with Crippen molar-refractivity contribution in [3.05, 3.63) is 35.1 Å². The molecule has 0 saturated carbocycles. The second kappa shape index (κ2) is 9.15. The van der Waals surface area contributed by atoms with Crippen molar-refractivity contribution in [3.8, 4) is 5.88 Å². The Morgan fingerprint density at radius 2 is 2.03 bits per heavy atom. The van der Waals surface area contributed by atoms with Gasteiger partial charge in [-0.05, 0) is 71.4 Å². The van der Waals surface area contributed by atoms with Crippen molar-refractivity contribution < 1.29 is 9.53 Å². The Hall–Kier alpha value is -2.78. The average Bonchev–Trinajstić information content (AvgIpc) is 3.08. The number of pyridine rings is 1. The number of nitrogens with one attached hydrogen (secondary N) is 2. The predicted octanol–water partition coefficient (Wildman–Crippen LogP) is 3.75. The van der Waals surface area contributed by atoms with Crippen LogP contribution in [0.15, 0.2) is 24.7 Å². The standard InChI is InChI=1S/C22H28N6O2S/c1-13(2)30-21-16(6-5-9-23-21)27-19-17-14(3)18(31-22(17)25-12-24-19)20(29)26-15-7-10-28(4)11-8-15/h5-6,9,12-13,15H,7-8,10-11H2,1-4H3,(H,26,29)(H,24,25,27). The lowest BCUT2D eigenvalue weighted by molar-refractivity contribution is 0.0920. The summed E-state index contributed by atoms with van der Waals surface area (Å²) in [6, 6.07) is 3.95. The van der Waals surface area contributed by atoms with Crippen molar-refractivity contribution >= 4 is 39.0 Å². The third kappa shape index (κ3) is 4.77. The number of thiophene rings is 1. The van der Waals surface area contributed by atoms with Gasteiger partial charge in [0.1, 0.15) is 22.7 Å². The minimum atomic E-state index is -0.0359. The normalized spacial score (nSPS) is 15.4. The van der Waals surface area contributed by atoms with Gasteiger partial charge in [-0.3, -0.25) is 4.79 Å². The van der Waals surface area contributed by atoms with E-state index in [1.807, 2.05) is 32.9 Å². The molecule has 0 unspecified atom stereocenters. The van der Waals surface area contributed by atoms with E-state index >= 15 is 0 Å². The van der Waals surface area contributed by atoms with Crippen molar-refractivity contribution in [1.29, 1.82) is 0 Å². The fourth-order valence-electron chi connectivity index (χ4n) is 3.72. The molecule has 1 aliphatic heterocycles. The van der Waals surface area contributed by atoms with Gasteiger partial charge >= 0.3 is 0 Å². The predicted molar refractivity (Wildman–Crippen MR) is 123 cm³/mol. The van der Waals surface area contributed by atoms with E-state index in [2.05, 4.69) is 37.5 Å². The Morgan fingerprint density at radius 1 is 1.26 bits per heavy atom. The largest absolute Gasteiger partial charge is 0.473 e. The van der Waals surface area contributed by atoms with Crippen molar-refractivity contribution in [2.45, 2.75) is 45.8 Å². The molecule has 0 aromatic carbocycles. The van der Waals surface area contributed by atoms with Crippen LogP contribution in [0.4, 0.5) is 11.5 Å². The van der Waals surface area contributed by atoms with Crippen LogP contribution in [-0.2, 0) is 0 Å². The van der Waals surface area contributed by atoms with Gasteiger partial charge in [-0.25, -0.2) is 15.0 Å². The number of anilines is 2. The van der Waals surface area contributed by atoms with Crippen LogP contribution < -0.4 is 15.4 Å². The maximum Gasteiger partial charge on any atom is 0.261 e. The molecule has 0 radical (unpaired) electrons. The molecule has 8 nitrogen and oxygen atoms in total. The summed E-state index contributed by atoms with van der Waals surface area (Å²) >= 11 is 1.40. The van der Waals surface area contributed by atoms with Gasteiger partial charge in [-0.15, -0.1) is 11.3 Å². The minimum absolute atomic E-state index is 0.00127. The van der Waals surface area contributed by atoms with E-state index in [-0.39, 0.29) is 18.1 Å². The van der Waals surface area contributed by atoms with Gasteiger partial charge in [-0.1, -0.05) is 0 Å². The van der Waals surface area contributed by atoms with Gasteiger partial charge in [-0.2, -0.15) is 0 Å². The Kier molecular flexibility index (Phi) is 6.33. The Balaban J connectivity index is 1.61. The van der Waals surface area contributed by atoms with Crippen molar-refractivity contribution in [2.75, 3.05) is 25.5 Å². The minimum Gasteiger partial charge on any atom is -0.473 e. The first-order chi connectivity index (χ1) is 14.9. The number of carbonyl (C=O) groups is 1. The zero-order valence-electron chi connectivity index (χ0n) is 18.3. The highest BCUT2D eigenvalue weighted by Gasteiger charge is 2.24. The van der Waals surface area contributed by atoms with E-state index in [1.165, 1.54) is 17.7 Å². The van der Waals surface area contributed by atoms with Gasteiger partial charge in [0.25, 0.3) is 5.91 Å². The third-order valence-electron chi connectivity index (χ3n) is 5.36. The molecule has 1 amide bonds. The van der Waals surface area contributed by atoms with Crippen LogP contribution in [0, 0.1) is 6.92 Å². The molecule has 4 rings (SSSR count). The van der Waals surface area contributed by atoms with Gasteiger partial charge in [0.15, 0.2) is 0 Å². The SMILES string of the molecule is Cc1c(C(=O)NC2CCN(C)CC2)sc2ncnc(Nc3cccnc3OC(C)C)c12. The summed E-state index contributed by atoms with van der Waals surface area (Å²) in [4.78, 5) is 29.9. The Bertz CT molecular complexity index is 1080. The fourth-order valence-corrected chi connectivity index (χ4v) is 4.77. The molecule has 31 heavy (non-hydrogen) atoms. The van der Waals surface area contributed by atoms with Crippen LogP contribution >= 0.6 is 11.3 Å². The van der Waals surface area contributed by atoms with E-state index in [0.29, 0.717) is 16.6 Å². The molecule has 9 heteroatoms. The van der Waals surface area contributed by atoms with Gasteiger partial charge in [0, 0.05) is 12.2 Å². The second-order valence-electron chi connectivity index (χ2n) is 8.16. The molecule has 0 spiro atoms. The summed E-state index contributed by atoms with van der Waals surface area (Å²) < 4.78 is 5.81. The molecule has 1 aliphatic rings. The van der Waals surface area contributed by atoms with Crippen LogP contribution in [0.3, 0.4) is 0 Å². The van der Waals surface area contributed by atoms with Crippen LogP contribution in [0.25, 0.3) is 10.2 Å². The number of hydrogen-bond donors (Lipinski definition) is 2. The lowest BCUT2D eigenvalue weighted by Gasteiger charge is -2.29. The van der Waals surface area contributed by atoms with Gasteiger partial charge in [0.2, 0.25) is 5.88 Å². The summed E-state index contributed by atoms with van der Waals surface area (Å²) in [7, 11) is 2.11. The number of aromatic nitrogens is 3. The smallest absolute Gasteiger partial charge is 0.261 e. The van der Waals surface area contributed by atoms with Crippen molar-refractivity contribution in [3.63, 3.8) is 0 Å². The van der Waals surface area contributed by atoms with Crippen LogP contribution in [0.1, 0.15) is 41.9 Å². The third-order valence-corrected chi connectivity index (χ3v) is 6.56.